The Morgan fingerprint density at radius 1 is 1.29 bits per heavy atom. The summed E-state index contributed by atoms with van der Waals surface area (Å²) in [6.45, 7) is 5.14. The van der Waals surface area contributed by atoms with E-state index in [4.69, 9.17) is 4.74 Å². The Labute approximate surface area is 127 Å². The van der Waals surface area contributed by atoms with Crippen LogP contribution in [-0.2, 0) is 14.8 Å². The number of hydrogen-bond donors (Lipinski definition) is 1. The van der Waals surface area contributed by atoms with E-state index < -0.39 is 10.0 Å². The van der Waals surface area contributed by atoms with Gasteiger partial charge in [-0.2, -0.15) is 0 Å². The van der Waals surface area contributed by atoms with E-state index in [0.717, 1.165) is 25.0 Å². The van der Waals surface area contributed by atoms with Gasteiger partial charge in [0.05, 0.1) is 11.9 Å². The van der Waals surface area contributed by atoms with Gasteiger partial charge in [-0.1, -0.05) is 36.8 Å². The molecule has 118 valence electrons. The van der Waals surface area contributed by atoms with Crippen molar-refractivity contribution in [3.63, 3.8) is 0 Å². The standard InChI is InChI=1S/C16H25NO3S/c1-3-11-21(18,19)17-12-15-5-4-10-20-16(15)14-8-6-13(2)7-9-14/h6-9,15-17H,3-5,10-12H2,1-2H3/t15-,16+/m1/s1. The van der Waals surface area contributed by atoms with Crippen LogP contribution in [0.3, 0.4) is 0 Å². The van der Waals surface area contributed by atoms with Gasteiger partial charge in [-0.15, -0.1) is 0 Å². The van der Waals surface area contributed by atoms with Crippen LogP contribution >= 0.6 is 0 Å². The second kappa shape index (κ2) is 7.38. The zero-order valence-electron chi connectivity index (χ0n) is 12.8. The van der Waals surface area contributed by atoms with Crippen LogP contribution in [0.25, 0.3) is 0 Å². The van der Waals surface area contributed by atoms with Gasteiger partial charge in [0, 0.05) is 19.1 Å². The highest BCUT2D eigenvalue weighted by molar-refractivity contribution is 7.89. The Balaban J connectivity index is 2.04. The topological polar surface area (TPSA) is 55.4 Å². The van der Waals surface area contributed by atoms with Crippen molar-refractivity contribution in [3.05, 3.63) is 35.4 Å². The number of benzene rings is 1. The quantitative estimate of drug-likeness (QED) is 0.879. The SMILES string of the molecule is CCCS(=O)(=O)NC[C@H]1CCCO[C@H]1c1ccc(C)cc1. The van der Waals surface area contributed by atoms with Gasteiger partial charge in [0.25, 0.3) is 0 Å². The molecule has 1 fully saturated rings. The van der Waals surface area contributed by atoms with Crippen LogP contribution in [0.15, 0.2) is 24.3 Å². The third-order valence-corrected chi connectivity index (χ3v) is 5.44. The van der Waals surface area contributed by atoms with E-state index in [1.165, 1.54) is 5.56 Å². The predicted molar refractivity (Wildman–Crippen MR) is 84.7 cm³/mol. The smallest absolute Gasteiger partial charge is 0.211 e. The van der Waals surface area contributed by atoms with E-state index in [1.54, 1.807) is 0 Å². The lowest BCUT2D eigenvalue weighted by Crippen LogP contribution is -2.36. The van der Waals surface area contributed by atoms with Crippen LogP contribution in [0, 0.1) is 12.8 Å². The van der Waals surface area contributed by atoms with Crippen LogP contribution in [-0.4, -0.2) is 27.3 Å². The first-order valence-electron chi connectivity index (χ1n) is 7.67. The van der Waals surface area contributed by atoms with Crippen molar-refractivity contribution < 1.29 is 13.2 Å². The number of aryl methyl sites for hydroxylation is 1. The fraction of sp³-hybridized carbons (Fsp3) is 0.625. The summed E-state index contributed by atoms with van der Waals surface area (Å²) in [5.74, 6) is 0.392. The lowest BCUT2D eigenvalue weighted by molar-refractivity contribution is -0.0262. The van der Waals surface area contributed by atoms with E-state index in [-0.39, 0.29) is 17.8 Å². The molecule has 0 saturated carbocycles. The van der Waals surface area contributed by atoms with E-state index in [2.05, 4.69) is 35.9 Å². The zero-order chi connectivity index (χ0) is 15.3. The van der Waals surface area contributed by atoms with Gasteiger partial charge in [-0.25, -0.2) is 13.1 Å². The number of nitrogens with one attached hydrogen (secondary N) is 1. The number of ether oxygens (including phenoxy) is 1. The Morgan fingerprint density at radius 3 is 2.67 bits per heavy atom. The fourth-order valence-corrected chi connectivity index (χ4v) is 3.90. The van der Waals surface area contributed by atoms with Crippen molar-refractivity contribution in [1.29, 1.82) is 0 Å². The lowest BCUT2D eigenvalue weighted by atomic mass is 9.89. The molecule has 0 aliphatic carbocycles. The molecular weight excluding hydrogens is 286 g/mol. The Hall–Kier alpha value is -0.910. The van der Waals surface area contributed by atoms with E-state index in [0.29, 0.717) is 13.0 Å². The predicted octanol–water partition coefficient (Wildman–Crippen LogP) is 2.79. The highest BCUT2D eigenvalue weighted by Gasteiger charge is 2.28. The fourth-order valence-electron chi connectivity index (χ4n) is 2.75. The molecule has 1 aliphatic rings. The molecule has 0 unspecified atom stereocenters. The van der Waals surface area contributed by atoms with Gasteiger partial charge in [0.2, 0.25) is 10.0 Å². The molecule has 1 heterocycles. The monoisotopic (exact) mass is 311 g/mol. The summed E-state index contributed by atoms with van der Waals surface area (Å²) < 4.78 is 32.3. The van der Waals surface area contributed by atoms with E-state index in [9.17, 15) is 8.42 Å². The molecule has 2 atom stereocenters. The summed E-state index contributed by atoms with van der Waals surface area (Å²) in [6.07, 6.45) is 2.61. The maximum absolute atomic E-state index is 11.8. The Bertz CT molecular complexity index is 539. The van der Waals surface area contributed by atoms with E-state index >= 15 is 0 Å². The summed E-state index contributed by atoms with van der Waals surface area (Å²) in [7, 11) is -3.15. The number of sulfonamides is 1. The zero-order valence-corrected chi connectivity index (χ0v) is 13.7. The molecule has 1 N–H and O–H groups in total. The molecule has 1 aliphatic heterocycles. The normalized spacial score (nSPS) is 23.1. The summed E-state index contributed by atoms with van der Waals surface area (Å²) in [4.78, 5) is 0. The minimum Gasteiger partial charge on any atom is -0.373 e. The Kier molecular flexibility index (Phi) is 5.79. The van der Waals surface area contributed by atoms with Gasteiger partial charge in [0.15, 0.2) is 0 Å². The third-order valence-electron chi connectivity index (χ3n) is 3.89. The average molecular weight is 311 g/mol. The highest BCUT2D eigenvalue weighted by atomic mass is 32.2. The first-order valence-corrected chi connectivity index (χ1v) is 9.32. The first kappa shape index (κ1) is 16.5. The molecule has 5 heteroatoms. The highest BCUT2D eigenvalue weighted by Crippen LogP contribution is 2.33. The van der Waals surface area contributed by atoms with Crippen molar-refractivity contribution in [2.75, 3.05) is 18.9 Å². The van der Waals surface area contributed by atoms with Gasteiger partial charge in [-0.3, -0.25) is 0 Å². The first-order chi connectivity index (χ1) is 10.0. The molecule has 0 aromatic heterocycles. The molecular formula is C16H25NO3S. The third kappa shape index (κ3) is 4.80. The van der Waals surface area contributed by atoms with Crippen LogP contribution in [0.1, 0.15) is 43.4 Å². The van der Waals surface area contributed by atoms with Gasteiger partial charge < -0.3 is 4.74 Å². The second-order valence-electron chi connectivity index (χ2n) is 5.77. The Morgan fingerprint density at radius 2 is 2.00 bits per heavy atom. The minimum atomic E-state index is -3.15. The molecule has 0 bridgehead atoms. The molecule has 2 rings (SSSR count). The number of rotatable bonds is 6. The summed E-state index contributed by atoms with van der Waals surface area (Å²) >= 11 is 0. The molecule has 0 radical (unpaired) electrons. The van der Waals surface area contributed by atoms with Gasteiger partial charge in [-0.05, 0) is 31.7 Å². The lowest BCUT2D eigenvalue weighted by Gasteiger charge is -2.32. The molecule has 0 amide bonds. The molecule has 1 saturated heterocycles. The largest absolute Gasteiger partial charge is 0.373 e. The van der Waals surface area contributed by atoms with Crippen molar-refractivity contribution >= 4 is 10.0 Å². The van der Waals surface area contributed by atoms with Crippen molar-refractivity contribution in [2.24, 2.45) is 5.92 Å². The van der Waals surface area contributed by atoms with E-state index in [1.807, 2.05) is 6.92 Å². The van der Waals surface area contributed by atoms with Crippen LogP contribution < -0.4 is 4.72 Å². The maximum atomic E-state index is 11.8. The minimum absolute atomic E-state index is 0.0105. The molecule has 4 nitrogen and oxygen atoms in total. The van der Waals surface area contributed by atoms with Crippen molar-refractivity contribution in [3.8, 4) is 0 Å². The van der Waals surface area contributed by atoms with Crippen LogP contribution in [0.4, 0.5) is 0 Å². The van der Waals surface area contributed by atoms with Crippen molar-refractivity contribution in [2.45, 2.75) is 39.2 Å². The van der Waals surface area contributed by atoms with Crippen LogP contribution in [0.2, 0.25) is 0 Å². The van der Waals surface area contributed by atoms with Crippen LogP contribution in [0.5, 0.6) is 0 Å². The second-order valence-corrected chi connectivity index (χ2v) is 7.70. The van der Waals surface area contributed by atoms with Crippen molar-refractivity contribution in [1.82, 2.24) is 4.72 Å². The van der Waals surface area contributed by atoms with Gasteiger partial charge in [0.1, 0.15) is 0 Å². The summed E-state index contributed by atoms with van der Waals surface area (Å²) in [6, 6.07) is 8.31. The molecule has 0 spiro atoms. The molecule has 1 aromatic rings. The summed E-state index contributed by atoms with van der Waals surface area (Å²) in [5.41, 5.74) is 2.36. The average Bonchev–Trinajstić information content (AvgIpc) is 2.46. The number of hydrogen-bond acceptors (Lipinski definition) is 3. The summed E-state index contributed by atoms with van der Waals surface area (Å²) in [5, 5.41) is 0. The molecule has 21 heavy (non-hydrogen) atoms. The molecule has 1 aromatic carbocycles. The van der Waals surface area contributed by atoms with Gasteiger partial charge >= 0.3 is 0 Å². The maximum Gasteiger partial charge on any atom is 0.211 e.